The van der Waals surface area contributed by atoms with Crippen molar-refractivity contribution in [3.05, 3.63) is 27.5 Å². The quantitative estimate of drug-likeness (QED) is 0.545. The third kappa shape index (κ3) is 2.91. The van der Waals surface area contributed by atoms with Gasteiger partial charge in [-0.1, -0.05) is 31.9 Å². The van der Waals surface area contributed by atoms with Crippen LogP contribution in [0, 0.1) is 0 Å². The molecule has 1 heterocycles. The second kappa shape index (κ2) is 4.95. The fourth-order valence-electron chi connectivity index (χ4n) is 1.09. The van der Waals surface area contributed by atoms with E-state index in [1.807, 2.05) is 0 Å². The Bertz CT molecular complexity index is 391. The summed E-state index contributed by atoms with van der Waals surface area (Å²) in [7, 11) is 0. The third-order valence-electron chi connectivity index (χ3n) is 1.68. The molecule has 0 aliphatic carbocycles. The lowest BCUT2D eigenvalue weighted by molar-refractivity contribution is -0.140. The predicted octanol–water partition coefficient (Wildman–Crippen LogP) is 4.70. The summed E-state index contributed by atoms with van der Waals surface area (Å²) in [5.41, 5.74) is -2.57. The molecule has 0 saturated carbocycles. The molecule has 1 aromatic heterocycles. The number of aromatic nitrogens is 1. The van der Waals surface area contributed by atoms with Gasteiger partial charge in [-0.3, -0.25) is 4.98 Å². The Labute approximate surface area is 104 Å². The van der Waals surface area contributed by atoms with Gasteiger partial charge in [0.05, 0.1) is 11.3 Å². The van der Waals surface area contributed by atoms with E-state index in [0.717, 1.165) is 6.07 Å². The molecular formula is C8H4Br2F5N. The molecular weight excluding hydrogens is 365 g/mol. The van der Waals surface area contributed by atoms with Crippen LogP contribution in [0.5, 0.6) is 0 Å². The van der Waals surface area contributed by atoms with Crippen LogP contribution in [-0.2, 0) is 11.5 Å². The van der Waals surface area contributed by atoms with Crippen molar-refractivity contribution in [2.24, 2.45) is 0 Å². The average molecular weight is 369 g/mol. The molecule has 8 heteroatoms. The van der Waals surface area contributed by atoms with E-state index in [1.54, 1.807) is 0 Å². The van der Waals surface area contributed by atoms with Gasteiger partial charge in [-0.25, -0.2) is 8.78 Å². The highest BCUT2D eigenvalue weighted by Gasteiger charge is 2.39. The van der Waals surface area contributed by atoms with E-state index in [9.17, 15) is 22.0 Å². The van der Waals surface area contributed by atoms with E-state index < -0.39 is 28.3 Å². The number of hydrogen-bond acceptors (Lipinski definition) is 1. The number of rotatable bonds is 2. The Morgan fingerprint density at radius 2 is 1.88 bits per heavy atom. The molecule has 0 saturated heterocycles. The summed E-state index contributed by atoms with van der Waals surface area (Å²) in [6.07, 6.45) is -8.13. The fourth-order valence-corrected chi connectivity index (χ4v) is 2.07. The Hall–Kier alpha value is -0.240. The first-order valence-corrected chi connectivity index (χ1v) is 5.79. The van der Waals surface area contributed by atoms with Gasteiger partial charge in [-0.15, -0.1) is 0 Å². The summed E-state index contributed by atoms with van der Waals surface area (Å²) in [5, 5.41) is 0.101. The van der Waals surface area contributed by atoms with Crippen LogP contribution in [0.2, 0.25) is 0 Å². The van der Waals surface area contributed by atoms with Crippen molar-refractivity contribution in [1.82, 2.24) is 4.98 Å². The zero-order chi connectivity index (χ0) is 12.5. The molecule has 0 bridgehead atoms. The van der Waals surface area contributed by atoms with Gasteiger partial charge in [0.1, 0.15) is 5.69 Å². The summed E-state index contributed by atoms with van der Waals surface area (Å²) < 4.78 is 62.0. The maximum absolute atomic E-state index is 12.5. The molecule has 0 unspecified atom stereocenters. The minimum Gasteiger partial charge on any atom is -0.250 e. The number of nitrogens with zero attached hydrogens (tertiary/aromatic N) is 1. The maximum atomic E-state index is 12.5. The second-order valence-electron chi connectivity index (χ2n) is 2.79. The standard InChI is InChI=1S/C8H4Br2F5N/c9-2-3-1-4(10)5(8(13,14)15)6(16-3)7(11)12/h1,7H,2H2. The first-order chi connectivity index (χ1) is 7.27. The lowest BCUT2D eigenvalue weighted by atomic mass is 10.1. The van der Waals surface area contributed by atoms with Crippen LogP contribution in [0.4, 0.5) is 22.0 Å². The number of hydrogen-bond donors (Lipinski definition) is 0. The minimum atomic E-state index is -4.86. The molecule has 0 amide bonds. The average Bonchev–Trinajstić information content (AvgIpc) is 2.14. The van der Waals surface area contributed by atoms with Gasteiger partial charge < -0.3 is 0 Å². The van der Waals surface area contributed by atoms with Crippen molar-refractivity contribution < 1.29 is 22.0 Å². The van der Waals surface area contributed by atoms with E-state index in [1.165, 1.54) is 0 Å². The Kier molecular flexibility index (Phi) is 4.28. The van der Waals surface area contributed by atoms with Crippen LogP contribution < -0.4 is 0 Å². The van der Waals surface area contributed by atoms with Crippen molar-refractivity contribution in [2.45, 2.75) is 17.9 Å². The van der Waals surface area contributed by atoms with Gasteiger partial charge in [0.25, 0.3) is 6.43 Å². The van der Waals surface area contributed by atoms with Crippen LogP contribution in [0.15, 0.2) is 10.5 Å². The first kappa shape index (κ1) is 13.8. The van der Waals surface area contributed by atoms with Crippen LogP contribution in [0.25, 0.3) is 0 Å². The second-order valence-corrected chi connectivity index (χ2v) is 4.20. The zero-order valence-electron chi connectivity index (χ0n) is 7.45. The van der Waals surface area contributed by atoms with Crippen molar-refractivity contribution in [2.75, 3.05) is 0 Å². The Balaban J connectivity index is 3.46. The summed E-state index contributed by atoms with van der Waals surface area (Å²) in [6, 6.07) is 1.06. The molecule has 0 N–H and O–H groups in total. The molecule has 0 aliphatic heterocycles. The molecule has 0 atom stereocenters. The van der Waals surface area contributed by atoms with Crippen LogP contribution in [0.1, 0.15) is 23.4 Å². The van der Waals surface area contributed by atoms with Crippen molar-refractivity contribution in [3.8, 4) is 0 Å². The highest BCUT2D eigenvalue weighted by molar-refractivity contribution is 9.10. The van der Waals surface area contributed by atoms with Crippen LogP contribution in [-0.4, -0.2) is 4.98 Å². The van der Waals surface area contributed by atoms with Gasteiger partial charge in [-0.05, 0) is 6.07 Å². The summed E-state index contributed by atoms with van der Waals surface area (Å²) in [6.45, 7) is 0. The molecule has 0 radical (unpaired) electrons. The summed E-state index contributed by atoms with van der Waals surface area (Å²) >= 11 is 5.57. The predicted molar refractivity (Wildman–Crippen MR) is 54.5 cm³/mol. The van der Waals surface area contributed by atoms with E-state index in [-0.39, 0.29) is 11.0 Å². The highest BCUT2D eigenvalue weighted by atomic mass is 79.9. The summed E-state index contributed by atoms with van der Waals surface area (Å²) in [4.78, 5) is 3.27. The Morgan fingerprint density at radius 3 is 2.25 bits per heavy atom. The zero-order valence-corrected chi connectivity index (χ0v) is 10.6. The monoisotopic (exact) mass is 367 g/mol. The van der Waals surface area contributed by atoms with Gasteiger partial charge in [-0.2, -0.15) is 13.2 Å². The SMILES string of the molecule is FC(F)c1nc(CBr)cc(Br)c1C(F)(F)F. The van der Waals surface area contributed by atoms with Gasteiger partial charge in [0.15, 0.2) is 0 Å². The smallest absolute Gasteiger partial charge is 0.250 e. The van der Waals surface area contributed by atoms with Gasteiger partial charge >= 0.3 is 6.18 Å². The molecule has 16 heavy (non-hydrogen) atoms. The third-order valence-corrected chi connectivity index (χ3v) is 2.88. The maximum Gasteiger partial charge on any atom is 0.419 e. The molecule has 0 aromatic carbocycles. The molecule has 0 fully saturated rings. The van der Waals surface area contributed by atoms with Crippen molar-refractivity contribution in [1.29, 1.82) is 0 Å². The lowest BCUT2D eigenvalue weighted by Crippen LogP contribution is -2.13. The molecule has 1 aromatic rings. The van der Waals surface area contributed by atoms with Crippen LogP contribution in [0.3, 0.4) is 0 Å². The molecule has 90 valence electrons. The van der Waals surface area contributed by atoms with E-state index >= 15 is 0 Å². The highest BCUT2D eigenvalue weighted by Crippen LogP contribution is 2.40. The van der Waals surface area contributed by atoms with E-state index in [4.69, 9.17) is 0 Å². The fraction of sp³-hybridized carbons (Fsp3) is 0.375. The largest absolute Gasteiger partial charge is 0.419 e. The van der Waals surface area contributed by atoms with Gasteiger partial charge in [0, 0.05) is 9.80 Å². The Morgan fingerprint density at radius 1 is 1.31 bits per heavy atom. The molecule has 0 aliphatic rings. The van der Waals surface area contributed by atoms with Crippen LogP contribution >= 0.6 is 31.9 Å². The first-order valence-electron chi connectivity index (χ1n) is 3.88. The minimum absolute atomic E-state index is 0.101. The van der Waals surface area contributed by atoms with E-state index in [0.29, 0.717) is 0 Å². The lowest BCUT2D eigenvalue weighted by Gasteiger charge is -2.14. The normalized spacial score (nSPS) is 12.2. The van der Waals surface area contributed by atoms with Crippen molar-refractivity contribution in [3.63, 3.8) is 0 Å². The van der Waals surface area contributed by atoms with E-state index in [2.05, 4.69) is 36.8 Å². The molecule has 1 nitrogen and oxygen atoms in total. The van der Waals surface area contributed by atoms with Crippen molar-refractivity contribution >= 4 is 31.9 Å². The van der Waals surface area contributed by atoms with Gasteiger partial charge in [0.2, 0.25) is 0 Å². The number of halogens is 7. The number of alkyl halides is 6. The molecule has 0 spiro atoms. The topological polar surface area (TPSA) is 12.9 Å². The summed E-state index contributed by atoms with van der Waals surface area (Å²) in [5.74, 6) is 0. The molecule has 1 rings (SSSR count). The number of pyridine rings is 1.